The number of ether oxygens (including phenoxy) is 1. The summed E-state index contributed by atoms with van der Waals surface area (Å²) in [5.41, 5.74) is 3.05. The van der Waals surface area contributed by atoms with Crippen LogP contribution in [0.2, 0.25) is 5.02 Å². The molecule has 1 aromatic heterocycles. The normalized spacial score (nSPS) is 13.2. The summed E-state index contributed by atoms with van der Waals surface area (Å²) in [6.07, 6.45) is 0. The van der Waals surface area contributed by atoms with E-state index in [2.05, 4.69) is 15.6 Å². The van der Waals surface area contributed by atoms with Gasteiger partial charge >= 0.3 is 0 Å². The predicted octanol–water partition coefficient (Wildman–Crippen LogP) is 4.33. The highest BCUT2D eigenvalue weighted by atomic mass is 35.5. The van der Waals surface area contributed by atoms with E-state index >= 15 is 0 Å². The van der Waals surface area contributed by atoms with Crippen LogP contribution in [0.5, 0.6) is 5.75 Å². The molecule has 2 heterocycles. The second-order valence-electron chi connectivity index (χ2n) is 10.9. The highest BCUT2D eigenvalue weighted by molar-refractivity contribution is 6.33. The molecule has 4 aromatic rings. The van der Waals surface area contributed by atoms with Crippen molar-refractivity contribution in [3.05, 3.63) is 92.6 Å². The van der Waals surface area contributed by atoms with E-state index < -0.39 is 10.8 Å². The molecule has 0 radical (unpaired) electrons. The number of nitro benzene ring substituents is 1. The van der Waals surface area contributed by atoms with Crippen LogP contribution in [0.25, 0.3) is 11.3 Å². The van der Waals surface area contributed by atoms with Crippen molar-refractivity contribution in [1.29, 1.82) is 0 Å². The van der Waals surface area contributed by atoms with Crippen molar-refractivity contribution in [3.63, 3.8) is 0 Å². The minimum absolute atomic E-state index is 0.0303. The predicted molar refractivity (Wildman–Crippen MR) is 171 cm³/mol. The first kappa shape index (κ1) is 31.4. The van der Waals surface area contributed by atoms with Gasteiger partial charge in [-0.3, -0.25) is 19.7 Å². The summed E-state index contributed by atoms with van der Waals surface area (Å²) in [5, 5.41) is 23.1. The molecule has 0 bridgehead atoms. The summed E-state index contributed by atoms with van der Waals surface area (Å²) >= 11 is 6.53. The fourth-order valence-electron chi connectivity index (χ4n) is 5.28. The number of hydrogen-bond donors (Lipinski definition) is 1. The summed E-state index contributed by atoms with van der Waals surface area (Å²) in [6.45, 7) is 2.22. The van der Waals surface area contributed by atoms with E-state index in [1.54, 1.807) is 37.3 Å². The lowest BCUT2D eigenvalue weighted by molar-refractivity contribution is -0.383. The Balaban J connectivity index is 1.33. The number of anilines is 2. The third-order valence-corrected chi connectivity index (χ3v) is 7.83. The third-order valence-electron chi connectivity index (χ3n) is 7.52. The van der Waals surface area contributed by atoms with Gasteiger partial charge in [-0.1, -0.05) is 41.1 Å². The van der Waals surface area contributed by atoms with Crippen molar-refractivity contribution < 1.29 is 19.2 Å². The van der Waals surface area contributed by atoms with Crippen LogP contribution in [0.1, 0.15) is 26.4 Å². The summed E-state index contributed by atoms with van der Waals surface area (Å²) in [4.78, 5) is 43.7. The lowest BCUT2D eigenvalue weighted by atomic mass is 10.1. The molecule has 13 nitrogen and oxygen atoms in total. The Bertz CT molecular complexity index is 1730. The monoisotopic (exact) mass is 632 g/mol. The van der Waals surface area contributed by atoms with Crippen LogP contribution in [-0.2, 0) is 13.6 Å². The van der Waals surface area contributed by atoms with E-state index in [9.17, 15) is 19.7 Å². The van der Waals surface area contributed by atoms with Crippen LogP contribution in [0.4, 0.5) is 17.1 Å². The maximum absolute atomic E-state index is 13.7. The Morgan fingerprint density at radius 1 is 1.07 bits per heavy atom. The van der Waals surface area contributed by atoms with Crippen LogP contribution >= 0.6 is 11.6 Å². The molecular formula is C31H33ClN8O5. The molecule has 2 amide bonds. The van der Waals surface area contributed by atoms with E-state index in [0.717, 1.165) is 5.56 Å². The number of para-hydroxylation sites is 1. The fourth-order valence-corrected chi connectivity index (χ4v) is 5.56. The minimum Gasteiger partial charge on any atom is -0.496 e. The number of piperazine rings is 1. The highest BCUT2D eigenvalue weighted by Crippen LogP contribution is 2.37. The molecule has 3 aromatic carbocycles. The van der Waals surface area contributed by atoms with Gasteiger partial charge in [0.15, 0.2) is 5.69 Å². The van der Waals surface area contributed by atoms with Crippen molar-refractivity contribution >= 4 is 40.5 Å². The minimum atomic E-state index is -0.580. The smallest absolute Gasteiger partial charge is 0.294 e. The number of hydrogen-bond acceptors (Lipinski definition) is 9. The number of rotatable bonds is 9. The number of amides is 2. The number of aromatic nitrogens is 3. The molecule has 0 spiro atoms. The van der Waals surface area contributed by atoms with E-state index in [0.29, 0.717) is 66.7 Å². The number of nitrogens with one attached hydrogen (secondary N) is 1. The highest BCUT2D eigenvalue weighted by Gasteiger charge is 2.30. The van der Waals surface area contributed by atoms with Crippen molar-refractivity contribution in [2.24, 2.45) is 7.05 Å². The number of halogens is 1. The second kappa shape index (κ2) is 13.3. The maximum Gasteiger partial charge on any atom is 0.294 e. The molecule has 1 aliphatic rings. The van der Waals surface area contributed by atoms with Crippen molar-refractivity contribution in [2.45, 2.75) is 6.54 Å². The summed E-state index contributed by atoms with van der Waals surface area (Å²) in [7, 11) is 7.13. The Kier molecular flexibility index (Phi) is 9.30. The molecular weight excluding hydrogens is 600 g/mol. The Hall–Kier alpha value is -5.01. The Morgan fingerprint density at radius 3 is 2.40 bits per heavy atom. The van der Waals surface area contributed by atoms with Crippen molar-refractivity contribution in [1.82, 2.24) is 24.8 Å². The number of nitro groups is 1. The van der Waals surface area contributed by atoms with Gasteiger partial charge in [0.25, 0.3) is 17.5 Å². The molecule has 0 unspecified atom stereocenters. The lowest BCUT2D eigenvalue weighted by Crippen LogP contribution is -2.49. The molecule has 1 aliphatic heterocycles. The quantitative estimate of drug-likeness (QED) is 0.211. The van der Waals surface area contributed by atoms with Gasteiger partial charge in [0.05, 0.1) is 22.7 Å². The molecule has 1 N–H and O–H groups in total. The number of benzene rings is 3. The molecule has 0 saturated carbocycles. The van der Waals surface area contributed by atoms with Gasteiger partial charge in [-0.05, 0) is 50.0 Å². The van der Waals surface area contributed by atoms with Crippen LogP contribution in [0.15, 0.2) is 60.7 Å². The van der Waals surface area contributed by atoms with Gasteiger partial charge in [-0.2, -0.15) is 0 Å². The van der Waals surface area contributed by atoms with Crippen LogP contribution in [-0.4, -0.2) is 88.9 Å². The topological polar surface area (TPSA) is 139 Å². The molecule has 5 rings (SSSR count). The van der Waals surface area contributed by atoms with Gasteiger partial charge in [-0.15, -0.1) is 5.10 Å². The number of nitrogens with zero attached hydrogens (tertiary/aromatic N) is 7. The van der Waals surface area contributed by atoms with Crippen LogP contribution in [0.3, 0.4) is 0 Å². The Morgan fingerprint density at radius 2 is 1.76 bits per heavy atom. The van der Waals surface area contributed by atoms with Gasteiger partial charge in [0, 0.05) is 57.0 Å². The molecule has 14 heteroatoms. The first-order chi connectivity index (χ1) is 21.6. The molecule has 234 valence electrons. The molecule has 1 fully saturated rings. The molecule has 0 atom stereocenters. The fraction of sp³-hybridized carbons (Fsp3) is 0.290. The van der Waals surface area contributed by atoms with Gasteiger partial charge in [0.2, 0.25) is 0 Å². The second-order valence-corrected chi connectivity index (χ2v) is 11.3. The number of methoxy groups -OCH3 is 1. The molecule has 45 heavy (non-hydrogen) atoms. The Labute approximate surface area is 265 Å². The van der Waals surface area contributed by atoms with E-state index in [4.69, 9.17) is 16.3 Å². The van der Waals surface area contributed by atoms with E-state index in [1.807, 2.05) is 54.2 Å². The van der Waals surface area contributed by atoms with Crippen molar-refractivity contribution in [3.8, 4) is 17.0 Å². The van der Waals surface area contributed by atoms with E-state index in [-0.39, 0.29) is 22.3 Å². The van der Waals surface area contributed by atoms with Crippen molar-refractivity contribution in [2.75, 3.05) is 57.6 Å². The zero-order chi connectivity index (χ0) is 32.2. The summed E-state index contributed by atoms with van der Waals surface area (Å²) in [6, 6.07) is 17.1. The zero-order valence-corrected chi connectivity index (χ0v) is 26.1. The zero-order valence-electron chi connectivity index (χ0n) is 25.4. The summed E-state index contributed by atoms with van der Waals surface area (Å²) in [5.74, 6) is -0.134. The molecule has 1 saturated heterocycles. The van der Waals surface area contributed by atoms with Gasteiger partial charge in [0.1, 0.15) is 17.1 Å². The maximum atomic E-state index is 13.7. The summed E-state index contributed by atoms with van der Waals surface area (Å²) < 4.78 is 6.92. The SMILES string of the molecule is COc1ccccc1-c1nnn(C)c1C(=O)N1CCN(c2cc(NC(=O)c3ccc(CN(C)C)cc3)c([N+](=O)[O-])cc2Cl)CC1. The van der Waals surface area contributed by atoms with Crippen LogP contribution in [0, 0.1) is 10.1 Å². The van der Waals surface area contributed by atoms with Gasteiger partial charge < -0.3 is 24.8 Å². The first-order valence-electron chi connectivity index (χ1n) is 14.2. The first-order valence-corrected chi connectivity index (χ1v) is 14.6. The average Bonchev–Trinajstić information content (AvgIpc) is 3.42. The average molecular weight is 633 g/mol. The third kappa shape index (κ3) is 6.74. The number of carbonyl (C=O) groups is 2. The number of carbonyl (C=O) groups excluding carboxylic acids is 2. The molecule has 0 aliphatic carbocycles. The van der Waals surface area contributed by atoms with Crippen LogP contribution < -0.4 is 15.0 Å². The lowest BCUT2D eigenvalue weighted by Gasteiger charge is -2.36. The van der Waals surface area contributed by atoms with Gasteiger partial charge in [-0.25, -0.2) is 4.68 Å². The number of aryl methyl sites for hydroxylation is 1. The van der Waals surface area contributed by atoms with E-state index in [1.165, 1.54) is 16.8 Å². The standard InChI is InChI=1S/C31H33ClN8O5/c1-36(2)19-20-9-11-21(12-10-20)30(41)33-24-18-25(23(32)17-26(24)40(43)44)38-13-15-39(16-14-38)31(42)29-28(34-35-37(29)3)22-7-5-6-8-27(22)45-4/h5-12,17-18H,13-16,19H2,1-4H3,(H,33,41). The largest absolute Gasteiger partial charge is 0.496 e.